The molecule has 4 heteroatoms. The summed E-state index contributed by atoms with van der Waals surface area (Å²) in [6.45, 7) is 4.27. The van der Waals surface area contributed by atoms with Gasteiger partial charge in [-0.1, -0.05) is 89.1 Å². The SMILES string of the molecule is CCCCCCCCC(CCC)C(c1ccccc1)S(=O)(=O)O. The van der Waals surface area contributed by atoms with Crippen LogP contribution in [-0.2, 0) is 10.1 Å². The monoisotopic (exact) mass is 340 g/mol. The quantitative estimate of drug-likeness (QED) is 0.387. The van der Waals surface area contributed by atoms with Crippen molar-refractivity contribution in [3.8, 4) is 0 Å². The molecule has 0 amide bonds. The normalized spacial score (nSPS) is 14.6. The van der Waals surface area contributed by atoms with Crippen LogP contribution in [0.15, 0.2) is 30.3 Å². The van der Waals surface area contributed by atoms with E-state index in [9.17, 15) is 13.0 Å². The third kappa shape index (κ3) is 7.49. The van der Waals surface area contributed by atoms with Crippen molar-refractivity contribution in [1.29, 1.82) is 0 Å². The Morgan fingerprint density at radius 3 is 2.04 bits per heavy atom. The summed E-state index contributed by atoms with van der Waals surface area (Å²) in [5.41, 5.74) is 0.708. The lowest BCUT2D eigenvalue weighted by atomic mass is 9.89. The Kier molecular flexibility index (Phi) is 9.49. The first-order chi connectivity index (χ1) is 11.0. The molecule has 1 rings (SSSR count). The van der Waals surface area contributed by atoms with Crippen LogP contribution in [0.3, 0.4) is 0 Å². The highest BCUT2D eigenvalue weighted by Crippen LogP contribution is 2.36. The Bertz CT molecular complexity index is 511. The summed E-state index contributed by atoms with van der Waals surface area (Å²) in [6.07, 6.45) is 9.78. The van der Waals surface area contributed by atoms with E-state index < -0.39 is 15.4 Å². The topological polar surface area (TPSA) is 54.4 Å². The maximum Gasteiger partial charge on any atom is 0.272 e. The summed E-state index contributed by atoms with van der Waals surface area (Å²) < 4.78 is 33.7. The lowest BCUT2D eigenvalue weighted by Gasteiger charge is -2.25. The van der Waals surface area contributed by atoms with Gasteiger partial charge in [-0.15, -0.1) is 0 Å². The van der Waals surface area contributed by atoms with Crippen LogP contribution in [0.5, 0.6) is 0 Å². The summed E-state index contributed by atoms with van der Waals surface area (Å²) in [4.78, 5) is 0. The van der Waals surface area contributed by atoms with Gasteiger partial charge in [-0.25, -0.2) is 0 Å². The third-order valence-electron chi connectivity index (χ3n) is 4.47. The zero-order valence-electron chi connectivity index (χ0n) is 14.6. The van der Waals surface area contributed by atoms with Crippen molar-refractivity contribution in [2.75, 3.05) is 0 Å². The first kappa shape index (κ1) is 20.2. The van der Waals surface area contributed by atoms with E-state index in [1.54, 1.807) is 0 Å². The molecule has 0 aliphatic carbocycles. The van der Waals surface area contributed by atoms with E-state index in [-0.39, 0.29) is 5.92 Å². The van der Waals surface area contributed by atoms with E-state index in [1.807, 2.05) is 30.3 Å². The molecule has 1 aromatic carbocycles. The molecule has 1 aromatic rings. The Morgan fingerprint density at radius 2 is 1.48 bits per heavy atom. The van der Waals surface area contributed by atoms with Crippen LogP contribution < -0.4 is 0 Å². The van der Waals surface area contributed by atoms with Crippen LogP contribution in [0.1, 0.15) is 82.4 Å². The predicted octanol–water partition coefficient (Wildman–Crippen LogP) is 5.78. The molecule has 0 aliphatic heterocycles. The van der Waals surface area contributed by atoms with Crippen LogP contribution in [0.25, 0.3) is 0 Å². The molecule has 0 aromatic heterocycles. The predicted molar refractivity (Wildman–Crippen MR) is 97.1 cm³/mol. The molecule has 1 N–H and O–H groups in total. The number of unbranched alkanes of at least 4 members (excludes halogenated alkanes) is 5. The van der Waals surface area contributed by atoms with Gasteiger partial charge in [0.1, 0.15) is 5.25 Å². The van der Waals surface area contributed by atoms with Crippen molar-refractivity contribution in [2.24, 2.45) is 5.92 Å². The molecule has 0 radical (unpaired) electrons. The molecule has 0 saturated heterocycles. The van der Waals surface area contributed by atoms with Crippen LogP contribution in [0.2, 0.25) is 0 Å². The van der Waals surface area contributed by atoms with E-state index in [0.717, 1.165) is 32.1 Å². The summed E-state index contributed by atoms with van der Waals surface area (Å²) in [7, 11) is -4.09. The van der Waals surface area contributed by atoms with E-state index in [2.05, 4.69) is 13.8 Å². The number of hydrogen-bond acceptors (Lipinski definition) is 2. The van der Waals surface area contributed by atoms with E-state index in [0.29, 0.717) is 5.56 Å². The van der Waals surface area contributed by atoms with Crippen LogP contribution in [-0.4, -0.2) is 13.0 Å². The third-order valence-corrected chi connectivity index (χ3v) is 5.76. The van der Waals surface area contributed by atoms with Gasteiger partial charge in [0.2, 0.25) is 0 Å². The van der Waals surface area contributed by atoms with Crippen molar-refractivity contribution in [1.82, 2.24) is 0 Å². The van der Waals surface area contributed by atoms with Crippen molar-refractivity contribution in [3.63, 3.8) is 0 Å². The molecule has 3 nitrogen and oxygen atoms in total. The van der Waals surface area contributed by atoms with Gasteiger partial charge < -0.3 is 0 Å². The molecule has 0 fully saturated rings. The summed E-state index contributed by atoms with van der Waals surface area (Å²) in [6, 6.07) is 9.15. The molecule has 0 bridgehead atoms. The maximum absolute atomic E-state index is 12.0. The Morgan fingerprint density at radius 1 is 0.870 bits per heavy atom. The van der Waals surface area contributed by atoms with Gasteiger partial charge in [0, 0.05) is 0 Å². The fraction of sp³-hybridized carbons (Fsp3) is 0.684. The second-order valence-corrected chi connectivity index (χ2v) is 7.99. The molecule has 0 heterocycles. The molecule has 2 atom stereocenters. The van der Waals surface area contributed by atoms with Crippen LogP contribution in [0, 0.1) is 5.92 Å². The molecule has 0 spiro atoms. The maximum atomic E-state index is 12.0. The Balaban J connectivity index is 2.74. The summed E-state index contributed by atoms with van der Waals surface area (Å²) in [5, 5.41) is -0.792. The smallest absolute Gasteiger partial charge is 0.272 e. The van der Waals surface area contributed by atoms with Gasteiger partial charge in [-0.3, -0.25) is 4.55 Å². The fourth-order valence-corrected chi connectivity index (χ4v) is 4.59. The highest BCUT2D eigenvalue weighted by Gasteiger charge is 2.32. The van der Waals surface area contributed by atoms with Gasteiger partial charge in [0.05, 0.1) is 0 Å². The van der Waals surface area contributed by atoms with Gasteiger partial charge in [0.25, 0.3) is 10.1 Å². The standard InChI is InChI=1S/C19H32O3S/c1-3-5-6-7-8-10-14-17(13-4-2)19(23(20,21)22)18-15-11-9-12-16-18/h9,11-12,15-17,19H,3-8,10,13-14H2,1-2H3,(H,20,21,22). The lowest BCUT2D eigenvalue weighted by molar-refractivity contribution is 0.373. The van der Waals surface area contributed by atoms with Crippen LogP contribution >= 0.6 is 0 Å². The summed E-state index contributed by atoms with van der Waals surface area (Å²) in [5.74, 6) is -0.0106. The number of rotatable bonds is 12. The van der Waals surface area contributed by atoms with Gasteiger partial charge in [-0.05, 0) is 24.3 Å². The van der Waals surface area contributed by atoms with E-state index in [1.165, 1.54) is 25.7 Å². The molecule has 132 valence electrons. The number of hydrogen-bond donors (Lipinski definition) is 1. The highest BCUT2D eigenvalue weighted by atomic mass is 32.2. The molecule has 23 heavy (non-hydrogen) atoms. The highest BCUT2D eigenvalue weighted by molar-refractivity contribution is 7.86. The molecule has 2 unspecified atom stereocenters. The molecular weight excluding hydrogens is 308 g/mol. The zero-order valence-corrected chi connectivity index (χ0v) is 15.4. The van der Waals surface area contributed by atoms with Gasteiger partial charge in [-0.2, -0.15) is 8.42 Å². The minimum absolute atomic E-state index is 0.0106. The Labute approximate surface area is 142 Å². The van der Waals surface area contributed by atoms with Crippen molar-refractivity contribution < 1.29 is 13.0 Å². The van der Waals surface area contributed by atoms with Crippen molar-refractivity contribution >= 4 is 10.1 Å². The fourth-order valence-electron chi connectivity index (χ4n) is 3.33. The second kappa shape index (κ2) is 10.8. The summed E-state index contributed by atoms with van der Waals surface area (Å²) >= 11 is 0. The van der Waals surface area contributed by atoms with Crippen molar-refractivity contribution in [2.45, 2.75) is 76.9 Å². The van der Waals surface area contributed by atoms with Crippen LogP contribution in [0.4, 0.5) is 0 Å². The number of benzene rings is 1. The minimum atomic E-state index is -4.09. The molecule has 0 aliphatic rings. The molecule has 0 saturated carbocycles. The van der Waals surface area contributed by atoms with E-state index >= 15 is 0 Å². The molecular formula is C19H32O3S. The first-order valence-electron chi connectivity index (χ1n) is 9.02. The minimum Gasteiger partial charge on any atom is -0.285 e. The second-order valence-electron chi connectivity index (χ2n) is 6.45. The van der Waals surface area contributed by atoms with Gasteiger partial charge >= 0.3 is 0 Å². The lowest BCUT2D eigenvalue weighted by Crippen LogP contribution is -2.22. The van der Waals surface area contributed by atoms with E-state index in [4.69, 9.17) is 0 Å². The van der Waals surface area contributed by atoms with Gasteiger partial charge in [0.15, 0.2) is 0 Å². The largest absolute Gasteiger partial charge is 0.285 e. The zero-order chi connectivity index (χ0) is 17.1. The average molecular weight is 341 g/mol. The first-order valence-corrected chi connectivity index (χ1v) is 10.5. The Hall–Kier alpha value is -0.870. The average Bonchev–Trinajstić information content (AvgIpc) is 2.50. The van der Waals surface area contributed by atoms with Crippen molar-refractivity contribution in [3.05, 3.63) is 35.9 Å².